The van der Waals surface area contributed by atoms with E-state index in [0.29, 0.717) is 5.69 Å². The van der Waals surface area contributed by atoms with Gasteiger partial charge in [0.1, 0.15) is 6.10 Å². The predicted molar refractivity (Wildman–Crippen MR) is 39.7 cm³/mol. The molecule has 0 saturated heterocycles. The SMILES string of the molecule is Cc1ncoc1C(=O)OC1CC1. The van der Waals surface area contributed by atoms with Crippen LogP contribution in [0.5, 0.6) is 0 Å². The van der Waals surface area contributed by atoms with Crippen LogP contribution in [-0.4, -0.2) is 17.1 Å². The fourth-order valence-corrected chi connectivity index (χ4v) is 0.889. The maximum Gasteiger partial charge on any atom is 0.376 e. The molecule has 64 valence electrons. The van der Waals surface area contributed by atoms with E-state index in [0.717, 1.165) is 12.8 Å². The van der Waals surface area contributed by atoms with Gasteiger partial charge in [-0.15, -0.1) is 0 Å². The number of hydrogen-bond acceptors (Lipinski definition) is 4. The van der Waals surface area contributed by atoms with Gasteiger partial charge < -0.3 is 9.15 Å². The number of hydrogen-bond donors (Lipinski definition) is 0. The average Bonchev–Trinajstić information content (AvgIpc) is 2.72. The molecule has 0 aromatic carbocycles. The molecular weight excluding hydrogens is 158 g/mol. The summed E-state index contributed by atoms with van der Waals surface area (Å²) in [5.41, 5.74) is 0.584. The monoisotopic (exact) mass is 167 g/mol. The molecule has 0 unspecified atom stereocenters. The van der Waals surface area contributed by atoms with Gasteiger partial charge in [0, 0.05) is 0 Å². The van der Waals surface area contributed by atoms with Crippen molar-refractivity contribution in [1.82, 2.24) is 4.98 Å². The summed E-state index contributed by atoms with van der Waals surface area (Å²) in [6.07, 6.45) is 3.30. The number of aromatic nitrogens is 1. The molecule has 0 spiro atoms. The topological polar surface area (TPSA) is 52.3 Å². The number of nitrogens with zero attached hydrogens (tertiary/aromatic N) is 1. The van der Waals surface area contributed by atoms with Crippen molar-refractivity contribution in [3.8, 4) is 0 Å². The van der Waals surface area contributed by atoms with Crippen LogP contribution < -0.4 is 0 Å². The molecule has 1 heterocycles. The highest BCUT2D eigenvalue weighted by Crippen LogP contribution is 2.25. The molecule has 1 fully saturated rings. The molecule has 1 aliphatic rings. The van der Waals surface area contributed by atoms with E-state index in [2.05, 4.69) is 4.98 Å². The third-order valence-electron chi connectivity index (χ3n) is 1.73. The van der Waals surface area contributed by atoms with Gasteiger partial charge in [-0.2, -0.15) is 0 Å². The average molecular weight is 167 g/mol. The zero-order valence-electron chi connectivity index (χ0n) is 6.74. The van der Waals surface area contributed by atoms with E-state index in [9.17, 15) is 4.79 Å². The summed E-state index contributed by atoms with van der Waals surface area (Å²) in [4.78, 5) is 15.0. The zero-order chi connectivity index (χ0) is 8.55. The Morgan fingerprint density at radius 3 is 3.00 bits per heavy atom. The van der Waals surface area contributed by atoms with Crippen molar-refractivity contribution in [1.29, 1.82) is 0 Å². The van der Waals surface area contributed by atoms with Gasteiger partial charge in [0.05, 0.1) is 5.69 Å². The van der Waals surface area contributed by atoms with Gasteiger partial charge in [-0.1, -0.05) is 0 Å². The van der Waals surface area contributed by atoms with Crippen molar-refractivity contribution in [3.63, 3.8) is 0 Å². The number of aryl methyl sites for hydroxylation is 1. The summed E-state index contributed by atoms with van der Waals surface area (Å²) >= 11 is 0. The van der Waals surface area contributed by atoms with Crippen molar-refractivity contribution in [2.75, 3.05) is 0 Å². The Kier molecular flexibility index (Phi) is 1.60. The van der Waals surface area contributed by atoms with Crippen LogP contribution in [-0.2, 0) is 4.74 Å². The maximum atomic E-state index is 11.2. The van der Waals surface area contributed by atoms with Gasteiger partial charge in [-0.3, -0.25) is 0 Å². The third kappa shape index (κ3) is 1.32. The molecule has 12 heavy (non-hydrogen) atoms. The fraction of sp³-hybridized carbons (Fsp3) is 0.500. The molecule has 1 saturated carbocycles. The minimum absolute atomic E-state index is 0.113. The second-order valence-electron chi connectivity index (χ2n) is 2.87. The number of ether oxygens (including phenoxy) is 1. The molecule has 1 aromatic rings. The largest absolute Gasteiger partial charge is 0.456 e. The van der Waals surface area contributed by atoms with Crippen LogP contribution in [0.4, 0.5) is 0 Å². The summed E-state index contributed by atoms with van der Waals surface area (Å²) in [7, 11) is 0. The highest BCUT2D eigenvalue weighted by molar-refractivity contribution is 5.87. The Labute approximate surface area is 69.5 Å². The Bertz CT molecular complexity index is 301. The van der Waals surface area contributed by atoms with Crippen molar-refractivity contribution < 1.29 is 13.9 Å². The van der Waals surface area contributed by atoms with Gasteiger partial charge in [0.25, 0.3) is 0 Å². The normalized spacial score (nSPS) is 16.1. The van der Waals surface area contributed by atoms with Gasteiger partial charge in [0.15, 0.2) is 6.39 Å². The molecule has 1 aromatic heterocycles. The summed E-state index contributed by atoms with van der Waals surface area (Å²) in [5, 5.41) is 0. The first-order chi connectivity index (χ1) is 5.77. The lowest BCUT2D eigenvalue weighted by Gasteiger charge is -1.98. The molecule has 2 rings (SSSR count). The lowest BCUT2D eigenvalue weighted by molar-refractivity contribution is 0.0434. The van der Waals surface area contributed by atoms with Crippen molar-refractivity contribution >= 4 is 5.97 Å². The lowest BCUT2D eigenvalue weighted by atomic mass is 10.4. The highest BCUT2D eigenvalue weighted by Gasteiger charge is 2.28. The Morgan fingerprint density at radius 2 is 2.50 bits per heavy atom. The number of rotatable bonds is 2. The van der Waals surface area contributed by atoms with E-state index in [-0.39, 0.29) is 11.9 Å². The molecule has 0 N–H and O–H groups in total. The van der Waals surface area contributed by atoms with Crippen LogP contribution in [0.25, 0.3) is 0 Å². The smallest absolute Gasteiger partial charge is 0.376 e. The lowest BCUT2D eigenvalue weighted by Crippen LogP contribution is -2.06. The first kappa shape index (κ1) is 7.34. The summed E-state index contributed by atoms with van der Waals surface area (Å²) in [5.74, 6) is -0.172. The van der Waals surface area contributed by atoms with E-state index in [4.69, 9.17) is 9.15 Å². The molecule has 4 heteroatoms. The summed E-state index contributed by atoms with van der Waals surface area (Å²) in [6.45, 7) is 1.72. The van der Waals surface area contributed by atoms with E-state index in [1.54, 1.807) is 6.92 Å². The Morgan fingerprint density at radius 1 is 1.75 bits per heavy atom. The van der Waals surface area contributed by atoms with E-state index < -0.39 is 5.97 Å². The summed E-state index contributed by atoms with van der Waals surface area (Å²) in [6, 6.07) is 0. The quantitative estimate of drug-likeness (QED) is 0.623. The minimum Gasteiger partial charge on any atom is -0.456 e. The van der Waals surface area contributed by atoms with Crippen molar-refractivity contribution in [3.05, 3.63) is 17.8 Å². The van der Waals surface area contributed by atoms with Crippen molar-refractivity contribution in [2.45, 2.75) is 25.9 Å². The second kappa shape index (κ2) is 2.62. The molecule has 4 nitrogen and oxygen atoms in total. The summed E-state index contributed by atoms with van der Waals surface area (Å²) < 4.78 is 9.88. The molecule has 0 bridgehead atoms. The van der Waals surface area contributed by atoms with Gasteiger partial charge in [-0.25, -0.2) is 9.78 Å². The molecule has 0 atom stereocenters. The van der Waals surface area contributed by atoms with Crippen LogP contribution in [0.1, 0.15) is 29.1 Å². The van der Waals surface area contributed by atoms with E-state index in [1.807, 2.05) is 0 Å². The standard InChI is InChI=1S/C8H9NO3/c1-5-7(11-4-9-5)8(10)12-6-2-3-6/h4,6H,2-3H2,1H3. The Balaban J connectivity index is 2.07. The highest BCUT2D eigenvalue weighted by atomic mass is 16.6. The van der Waals surface area contributed by atoms with Crippen LogP contribution in [0.3, 0.4) is 0 Å². The van der Waals surface area contributed by atoms with E-state index >= 15 is 0 Å². The first-order valence-corrected chi connectivity index (χ1v) is 3.88. The molecule has 0 aliphatic heterocycles. The van der Waals surface area contributed by atoms with Gasteiger partial charge >= 0.3 is 5.97 Å². The number of carbonyl (C=O) groups is 1. The number of carbonyl (C=O) groups excluding carboxylic acids is 1. The van der Waals surface area contributed by atoms with Crippen LogP contribution >= 0.6 is 0 Å². The third-order valence-corrected chi connectivity index (χ3v) is 1.73. The first-order valence-electron chi connectivity index (χ1n) is 3.88. The second-order valence-corrected chi connectivity index (χ2v) is 2.87. The van der Waals surface area contributed by atoms with Crippen LogP contribution in [0, 0.1) is 6.92 Å². The van der Waals surface area contributed by atoms with E-state index in [1.165, 1.54) is 6.39 Å². The minimum atomic E-state index is -0.396. The molecule has 0 amide bonds. The Hall–Kier alpha value is -1.32. The maximum absolute atomic E-state index is 11.2. The van der Waals surface area contributed by atoms with Gasteiger partial charge in [0.2, 0.25) is 5.76 Å². The number of oxazole rings is 1. The van der Waals surface area contributed by atoms with Crippen LogP contribution in [0.2, 0.25) is 0 Å². The molecule has 0 radical (unpaired) electrons. The van der Waals surface area contributed by atoms with Crippen molar-refractivity contribution in [2.24, 2.45) is 0 Å². The zero-order valence-corrected chi connectivity index (χ0v) is 6.74. The fourth-order valence-electron chi connectivity index (χ4n) is 0.889. The van der Waals surface area contributed by atoms with Gasteiger partial charge in [-0.05, 0) is 19.8 Å². The van der Waals surface area contributed by atoms with Crippen LogP contribution in [0.15, 0.2) is 10.8 Å². The molecular formula is C8H9NO3. The number of esters is 1. The molecule has 1 aliphatic carbocycles. The predicted octanol–water partition coefficient (Wildman–Crippen LogP) is 1.30.